The summed E-state index contributed by atoms with van der Waals surface area (Å²) in [5.41, 5.74) is -1.61. The molecule has 0 spiro atoms. The SMILES string of the molecule is CC(=O)Sc1cccc(-c2cc(C)c(C3=C(c4cc(-c5ccccc5)sc4C)C(F)(F)C(F)(F)C3(F)F)s2)c1. The number of hydrogen-bond acceptors (Lipinski definition) is 4. The van der Waals surface area contributed by atoms with Gasteiger partial charge in [-0.3, -0.25) is 4.79 Å². The van der Waals surface area contributed by atoms with Crippen LogP contribution in [-0.2, 0) is 4.79 Å². The summed E-state index contributed by atoms with van der Waals surface area (Å²) in [5, 5.41) is -0.152. The van der Waals surface area contributed by atoms with E-state index in [1.54, 1.807) is 54.6 Å². The van der Waals surface area contributed by atoms with Crippen LogP contribution in [0.4, 0.5) is 26.3 Å². The Bertz CT molecular complexity index is 1610. The molecule has 1 aliphatic carbocycles. The molecule has 0 amide bonds. The Morgan fingerprint density at radius 3 is 2.03 bits per heavy atom. The number of aryl methyl sites for hydroxylation is 2. The van der Waals surface area contributed by atoms with E-state index in [0.717, 1.165) is 34.4 Å². The van der Waals surface area contributed by atoms with Crippen molar-refractivity contribution in [2.24, 2.45) is 0 Å². The topological polar surface area (TPSA) is 17.1 Å². The Hall–Kier alpha value is -2.82. The number of rotatable bonds is 5. The third-order valence-corrected chi connectivity index (χ3v) is 9.62. The third-order valence-electron chi connectivity index (χ3n) is 6.44. The smallest absolute Gasteiger partial charge is 0.287 e. The first-order chi connectivity index (χ1) is 18.3. The maximum Gasteiger partial charge on any atom is 0.380 e. The molecule has 1 aliphatic rings. The predicted molar refractivity (Wildman–Crippen MR) is 147 cm³/mol. The number of thiophene rings is 2. The maximum atomic E-state index is 15.4. The first-order valence-corrected chi connectivity index (χ1v) is 14.1. The molecule has 5 rings (SSSR count). The minimum absolute atomic E-state index is 0.152. The number of hydrogen-bond donors (Lipinski definition) is 0. The summed E-state index contributed by atoms with van der Waals surface area (Å²) in [5.74, 6) is -15.9. The van der Waals surface area contributed by atoms with Gasteiger partial charge in [0.25, 0.3) is 0 Å². The quantitative estimate of drug-likeness (QED) is 0.169. The molecule has 0 aliphatic heterocycles. The van der Waals surface area contributed by atoms with Gasteiger partial charge in [0.15, 0.2) is 5.12 Å². The fourth-order valence-corrected chi connectivity index (χ4v) is 7.56. The lowest BCUT2D eigenvalue weighted by Crippen LogP contribution is -2.48. The van der Waals surface area contributed by atoms with Gasteiger partial charge in [-0.1, -0.05) is 54.2 Å². The van der Waals surface area contributed by atoms with E-state index in [4.69, 9.17) is 0 Å². The lowest BCUT2D eigenvalue weighted by atomic mass is 9.97. The standard InChI is InChI=1S/C29H20F6OS3/c1-15-12-22(19-10-7-11-20(13-19)38-17(3)36)39-26(15)25-24(27(30,31)29(34,35)28(25,32)33)21-14-23(37-16(21)2)18-8-5-4-6-9-18/h4-14H,1-3H3. The third kappa shape index (κ3) is 4.46. The number of alkyl halides is 6. The van der Waals surface area contributed by atoms with Crippen LogP contribution in [0, 0.1) is 13.8 Å². The van der Waals surface area contributed by atoms with Crippen LogP contribution in [0.3, 0.4) is 0 Å². The van der Waals surface area contributed by atoms with Crippen LogP contribution >= 0.6 is 34.4 Å². The molecule has 1 nitrogen and oxygen atoms in total. The molecule has 0 radical (unpaired) electrons. The monoisotopic (exact) mass is 594 g/mol. The molecule has 10 heteroatoms. The summed E-state index contributed by atoms with van der Waals surface area (Å²) in [6.45, 7) is 4.30. The summed E-state index contributed by atoms with van der Waals surface area (Å²) in [4.78, 5) is 13.0. The predicted octanol–water partition coefficient (Wildman–Crippen LogP) is 10.2. The number of thioether (sulfide) groups is 1. The molecular formula is C29H20F6OS3. The molecule has 2 heterocycles. The van der Waals surface area contributed by atoms with Crippen molar-refractivity contribution in [3.63, 3.8) is 0 Å². The molecule has 2 aromatic heterocycles. The molecule has 0 saturated carbocycles. The highest BCUT2D eigenvalue weighted by Gasteiger charge is 2.80. The molecule has 2 aromatic carbocycles. The molecule has 0 atom stereocenters. The zero-order chi connectivity index (χ0) is 28.3. The lowest BCUT2D eigenvalue weighted by Gasteiger charge is -2.25. The molecule has 39 heavy (non-hydrogen) atoms. The molecule has 0 fully saturated rings. The van der Waals surface area contributed by atoms with Gasteiger partial charge in [-0.25, -0.2) is 0 Å². The fourth-order valence-electron chi connectivity index (χ4n) is 4.61. The van der Waals surface area contributed by atoms with Gasteiger partial charge in [-0.05, 0) is 60.4 Å². The number of benzene rings is 2. The van der Waals surface area contributed by atoms with Crippen molar-refractivity contribution >= 4 is 50.7 Å². The number of halogens is 6. The highest BCUT2D eigenvalue weighted by molar-refractivity contribution is 8.13. The van der Waals surface area contributed by atoms with Crippen molar-refractivity contribution < 1.29 is 31.1 Å². The van der Waals surface area contributed by atoms with E-state index in [1.165, 1.54) is 32.9 Å². The fraction of sp³-hybridized carbons (Fsp3) is 0.207. The van der Waals surface area contributed by atoms with Crippen molar-refractivity contribution in [2.75, 3.05) is 0 Å². The van der Waals surface area contributed by atoms with Crippen molar-refractivity contribution in [3.8, 4) is 20.9 Å². The van der Waals surface area contributed by atoms with Gasteiger partial charge in [-0.2, -0.15) is 26.3 Å². The summed E-state index contributed by atoms with van der Waals surface area (Å²) >= 11 is 2.82. The summed E-state index contributed by atoms with van der Waals surface area (Å²) in [6, 6.07) is 18.2. The van der Waals surface area contributed by atoms with E-state index in [-0.39, 0.29) is 26.0 Å². The van der Waals surface area contributed by atoms with Gasteiger partial charge in [0.05, 0.1) is 5.57 Å². The molecule has 0 unspecified atom stereocenters. The second-order valence-electron chi connectivity index (χ2n) is 9.16. The zero-order valence-corrected chi connectivity index (χ0v) is 23.2. The summed E-state index contributed by atoms with van der Waals surface area (Å²) in [7, 11) is 0. The van der Waals surface area contributed by atoms with Gasteiger partial charge < -0.3 is 0 Å². The van der Waals surface area contributed by atoms with Gasteiger partial charge in [0, 0.05) is 36.9 Å². The largest absolute Gasteiger partial charge is 0.380 e. The molecular weight excluding hydrogens is 575 g/mol. The second kappa shape index (κ2) is 9.67. The minimum Gasteiger partial charge on any atom is -0.287 e. The van der Waals surface area contributed by atoms with E-state index in [0.29, 0.717) is 25.8 Å². The second-order valence-corrected chi connectivity index (χ2v) is 12.7. The number of carbonyl (C=O) groups excluding carboxylic acids is 1. The average Bonchev–Trinajstić information content (AvgIpc) is 3.46. The van der Waals surface area contributed by atoms with Crippen molar-refractivity contribution in [1.29, 1.82) is 0 Å². The van der Waals surface area contributed by atoms with Crippen LogP contribution in [0.1, 0.15) is 27.8 Å². The van der Waals surface area contributed by atoms with Crippen molar-refractivity contribution in [1.82, 2.24) is 0 Å². The van der Waals surface area contributed by atoms with Crippen LogP contribution in [0.15, 0.2) is 71.6 Å². The Balaban J connectivity index is 1.73. The van der Waals surface area contributed by atoms with E-state index in [1.807, 2.05) is 0 Å². The summed E-state index contributed by atoms with van der Waals surface area (Å²) in [6.07, 6.45) is 0. The first kappa shape index (κ1) is 27.7. The van der Waals surface area contributed by atoms with E-state index >= 15 is 17.6 Å². The van der Waals surface area contributed by atoms with Gasteiger partial charge in [-0.15, -0.1) is 22.7 Å². The number of allylic oxidation sites excluding steroid dienone is 2. The Morgan fingerprint density at radius 1 is 0.744 bits per heavy atom. The summed E-state index contributed by atoms with van der Waals surface area (Å²) < 4.78 is 91.5. The van der Waals surface area contributed by atoms with Gasteiger partial charge >= 0.3 is 17.8 Å². The van der Waals surface area contributed by atoms with E-state index < -0.39 is 28.9 Å². The molecule has 0 saturated heterocycles. The van der Waals surface area contributed by atoms with Crippen LogP contribution in [-0.4, -0.2) is 22.9 Å². The Morgan fingerprint density at radius 2 is 1.36 bits per heavy atom. The molecule has 202 valence electrons. The van der Waals surface area contributed by atoms with Crippen LogP contribution in [0.5, 0.6) is 0 Å². The highest BCUT2D eigenvalue weighted by atomic mass is 32.2. The Kier molecular flexibility index (Phi) is 6.88. The van der Waals surface area contributed by atoms with E-state index in [2.05, 4.69) is 0 Å². The van der Waals surface area contributed by atoms with Crippen LogP contribution in [0.25, 0.3) is 32.0 Å². The zero-order valence-electron chi connectivity index (χ0n) is 20.8. The van der Waals surface area contributed by atoms with Crippen molar-refractivity contribution in [3.05, 3.63) is 87.6 Å². The maximum absolute atomic E-state index is 15.4. The molecule has 0 bridgehead atoms. The van der Waals surface area contributed by atoms with Gasteiger partial charge in [0.2, 0.25) is 0 Å². The highest BCUT2D eigenvalue weighted by Crippen LogP contribution is 2.66. The van der Waals surface area contributed by atoms with Crippen molar-refractivity contribution in [2.45, 2.75) is 43.4 Å². The van der Waals surface area contributed by atoms with Crippen LogP contribution < -0.4 is 0 Å². The van der Waals surface area contributed by atoms with Gasteiger partial charge in [0.1, 0.15) is 0 Å². The average molecular weight is 595 g/mol. The lowest BCUT2D eigenvalue weighted by molar-refractivity contribution is -0.254. The molecule has 0 N–H and O–H groups in total. The van der Waals surface area contributed by atoms with Crippen LogP contribution in [0.2, 0.25) is 0 Å². The normalized spacial score (nSPS) is 17.6. The molecule has 4 aromatic rings. The first-order valence-electron chi connectivity index (χ1n) is 11.7. The van der Waals surface area contributed by atoms with E-state index in [9.17, 15) is 13.6 Å². The Labute approximate surface area is 233 Å². The minimum atomic E-state index is -5.62. The number of carbonyl (C=O) groups is 1.